The van der Waals surface area contributed by atoms with Gasteiger partial charge in [-0.05, 0) is 29.7 Å². The predicted molar refractivity (Wildman–Crippen MR) is 80.6 cm³/mol. The summed E-state index contributed by atoms with van der Waals surface area (Å²) in [5.41, 5.74) is 0.579. The van der Waals surface area contributed by atoms with Crippen LogP contribution in [0.4, 0.5) is 0 Å². The van der Waals surface area contributed by atoms with Crippen LogP contribution in [0, 0.1) is 17.8 Å². The Labute approximate surface area is 127 Å². The van der Waals surface area contributed by atoms with Crippen molar-refractivity contribution in [3.05, 3.63) is 35.9 Å². The van der Waals surface area contributed by atoms with Crippen molar-refractivity contribution >= 4 is 13.8 Å². The Kier molecular flexibility index (Phi) is 3.83. The second kappa shape index (κ2) is 5.49. The molecule has 4 heteroatoms. The zero-order valence-electron chi connectivity index (χ0n) is 12.6. The van der Waals surface area contributed by atoms with Gasteiger partial charge in [-0.25, -0.2) is 0 Å². The standard InChI is InChI=1S/C17H21BO3/c1-11-8-17(12(2)15(11)16(18)21-17)9-14(19)20-10-13-6-4-3-5-7-13/h3-7,11-12,15-16H,8-10H2,1-2H3/t11-,12?,15-,16+,17+/m0/s1. The Balaban J connectivity index is 1.60. The lowest BCUT2D eigenvalue weighted by Crippen LogP contribution is -2.38. The molecule has 3 nitrogen and oxygen atoms in total. The van der Waals surface area contributed by atoms with Gasteiger partial charge in [-0.2, -0.15) is 0 Å². The minimum Gasteiger partial charge on any atom is -0.461 e. The molecule has 1 aromatic carbocycles. The van der Waals surface area contributed by atoms with Gasteiger partial charge in [0.05, 0.1) is 12.0 Å². The molecule has 1 aliphatic heterocycles. The number of carbonyl (C=O) groups is 1. The van der Waals surface area contributed by atoms with Crippen molar-refractivity contribution in [2.45, 2.75) is 44.9 Å². The van der Waals surface area contributed by atoms with Crippen molar-refractivity contribution in [1.29, 1.82) is 0 Å². The van der Waals surface area contributed by atoms with Crippen molar-refractivity contribution in [3.8, 4) is 0 Å². The maximum absolute atomic E-state index is 12.2. The van der Waals surface area contributed by atoms with Gasteiger partial charge in [0.1, 0.15) is 14.5 Å². The number of ether oxygens (including phenoxy) is 2. The molecule has 1 saturated heterocycles. The molecule has 2 aliphatic rings. The lowest BCUT2D eigenvalue weighted by atomic mass is 9.78. The van der Waals surface area contributed by atoms with E-state index in [4.69, 9.17) is 17.3 Å². The summed E-state index contributed by atoms with van der Waals surface area (Å²) in [4.78, 5) is 12.2. The molecule has 0 N–H and O–H groups in total. The van der Waals surface area contributed by atoms with Gasteiger partial charge in [0.15, 0.2) is 0 Å². The second-order valence-electron chi connectivity index (χ2n) is 6.52. The number of fused-ring (bicyclic) bond motifs is 2. The molecule has 1 saturated carbocycles. The molecule has 2 radical (unpaired) electrons. The fourth-order valence-electron chi connectivity index (χ4n) is 4.13. The molecule has 1 aromatic rings. The van der Waals surface area contributed by atoms with Gasteiger partial charge in [0.25, 0.3) is 0 Å². The van der Waals surface area contributed by atoms with E-state index in [9.17, 15) is 4.79 Å². The van der Waals surface area contributed by atoms with E-state index in [1.54, 1.807) is 0 Å². The number of hydrogen-bond acceptors (Lipinski definition) is 3. The van der Waals surface area contributed by atoms with Crippen LogP contribution in [0.2, 0.25) is 0 Å². The van der Waals surface area contributed by atoms with Crippen LogP contribution in [0.3, 0.4) is 0 Å². The molecular weight excluding hydrogens is 263 g/mol. The van der Waals surface area contributed by atoms with Crippen molar-refractivity contribution in [2.75, 3.05) is 0 Å². The summed E-state index contributed by atoms with van der Waals surface area (Å²) in [6.45, 7) is 4.65. The Morgan fingerprint density at radius 1 is 1.38 bits per heavy atom. The van der Waals surface area contributed by atoms with E-state index >= 15 is 0 Å². The van der Waals surface area contributed by atoms with Crippen LogP contribution < -0.4 is 0 Å². The fourth-order valence-corrected chi connectivity index (χ4v) is 4.13. The van der Waals surface area contributed by atoms with Crippen LogP contribution in [0.15, 0.2) is 30.3 Å². The summed E-state index contributed by atoms with van der Waals surface area (Å²) in [6, 6.07) is 9.47. The highest BCUT2D eigenvalue weighted by Crippen LogP contribution is 2.56. The Morgan fingerprint density at radius 3 is 2.71 bits per heavy atom. The normalized spacial score (nSPS) is 37.6. The molecular formula is C17H21BO3. The summed E-state index contributed by atoms with van der Waals surface area (Å²) in [6.07, 6.45) is 1.20. The van der Waals surface area contributed by atoms with Gasteiger partial charge in [-0.1, -0.05) is 44.2 Å². The predicted octanol–water partition coefficient (Wildman–Crippen LogP) is 2.68. The van der Waals surface area contributed by atoms with Crippen LogP contribution in [0.25, 0.3) is 0 Å². The summed E-state index contributed by atoms with van der Waals surface area (Å²) in [7, 11) is 6.05. The summed E-state index contributed by atoms with van der Waals surface area (Å²) < 4.78 is 11.3. The highest BCUT2D eigenvalue weighted by molar-refractivity contribution is 6.11. The third-order valence-corrected chi connectivity index (χ3v) is 5.17. The lowest BCUT2D eigenvalue weighted by Gasteiger charge is -2.32. The first kappa shape index (κ1) is 14.6. The Hall–Kier alpha value is -1.29. The summed E-state index contributed by atoms with van der Waals surface area (Å²) >= 11 is 0. The third-order valence-electron chi connectivity index (χ3n) is 5.17. The van der Waals surface area contributed by atoms with Crippen LogP contribution >= 0.6 is 0 Å². The van der Waals surface area contributed by atoms with Crippen LogP contribution in [-0.2, 0) is 20.9 Å². The SMILES string of the molecule is [B][C@@H]1O[C@@]2(CC(=O)OCc3ccccc3)C[C@H](C)[C@H]1C2C. The first-order valence-electron chi connectivity index (χ1n) is 7.65. The number of hydrogen-bond donors (Lipinski definition) is 0. The zero-order valence-corrected chi connectivity index (χ0v) is 12.6. The van der Waals surface area contributed by atoms with Crippen molar-refractivity contribution in [3.63, 3.8) is 0 Å². The molecule has 1 aliphatic carbocycles. The molecule has 0 spiro atoms. The van der Waals surface area contributed by atoms with Gasteiger partial charge in [0.2, 0.25) is 0 Å². The topological polar surface area (TPSA) is 35.5 Å². The Bertz CT molecular complexity index is 504. The van der Waals surface area contributed by atoms with E-state index in [1.807, 2.05) is 30.3 Å². The smallest absolute Gasteiger partial charge is 0.309 e. The highest BCUT2D eigenvalue weighted by atomic mass is 16.5. The van der Waals surface area contributed by atoms with Gasteiger partial charge in [-0.3, -0.25) is 4.79 Å². The van der Waals surface area contributed by atoms with Crippen LogP contribution in [-0.4, -0.2) is 25.4 Å². The van der Waals surface area contributed by atoms with E-state index in [2.05, 4.69) is 13.8 Å². The molecule has 2 fully saturated rings. The number of carbonyl (C=O) groups excluding carboxylic acids is 1. The molecule has 21 heavy (non-hydrogen) atoms. The molecule has 110 valence electrons. The molecule has 5 atom stereocenters. The van der Waals surface area contributed by atoms with Gasteiger partial charge >= 0.3 is 5.97 Å². The number of benzene rings is 1. The molecule has 1 unspecified atom stereocenters. The largest absolute Gasteiger partial charge is 0.461 e. The molecule has 3 rings (SSSR count). The highest BCUT2D eigenvalue weighted by Gasteiger charge is 2.59. The molecule has 0 aromatic heterocycles. The minimum absolute atomic E-state index is 0.201. The fraction of sp³-hybridized carbons (Fsp3) is 0.588. The maximum atomic E-state index is 12.2. The van der Waals surface area contributed by atoms with Crippen molar-refractivity contribution in [2.24, 2.45) is 17.8 Å². The number of esters is 1. The second-order valence-corrected chi connectivity index (χ2v) is 6.52. The van der Waals surface area contributed by atoms with E-state index in [0.717, 1.165) is 12.0 Å². The lowest BCUT2D eigenvalue weighted by molar-refractivity contribution is -0.154. The summed E-state index contributed by atoms with van der Waals surface area (Å²) in [5.74, 6) is 0.969. The average Bonchev–Trinajstić information content (AvgIpc) is 2.82. The van der Waals surface area contributed by atoms with Crippen LogP contribution in [0.1, 0.15) is 32.3 Å². The van der Waals surface area contributed by atoms with E-state index in [-0.39, 0.29) is 12.0 Å². The summed E-state index contributed by atoms with van der Waals surface area (Å²) in [5, 5.41) is 0. The third kappa shape index (κ3) is 2.62. The van der Waals surface area contributed by atoms with E-state index in [0.29, 0.717) is 30.8 Å². The minimum atomic E-state index is -0.419. The molecule has 2 bridgehead atoms. The van der Waals surface area contributed by atoms with Crippen LogP contribution in [0.5, 0.6) is 0 Å². The molecule has 0 amide bonds. The zero-order chi connectivity index (χ0) is 15.0. The first-order chi connectivity index (χ1) is 10.0. The Morgan fingerprint density at radius 2 is 2.10 bits per heavy atom. The first-order valence-corrected chi connectivity index (χ1v) is 7.65. The van der Waals surface area contributed by atoms with E-state index in [1.165, 1.54) is 0 Å². The van der Waals surface area contributed by atoms with Gasteiger partial charge in [-0.15, -0.1) is 0 Å². The quantitative estimate of drug-likeness (QED) is 0.630. The molecule has 1 heterocycles. The monoisotopic (exact) mass is 284 g/mol. The average molecular weight is 284 g/mol. The van der Waals surface area contributed by atoms with Crippen molar-refractivity contribution in [1.82, 2.24) is 0 Å². The van der Waals surface area contributed by atoms with E-state index < -0.39 is 5.60 Å². The number of rotatable bonds is 4. The van der Waals surface area contributed by atoms with Crippen molar-refractivity contribution < 1.29 is 14.3 Å². The van der Waals surface area contributed by atoms with Gasteiger partial charge in [0, 0.05) is 6.00 Å². The maximum Gasteiger partial charge on any atom is 0.309 e. The van der Waals surface area contributed by atoms with Gasteiger partial charge < -0.3 is 9.47 Å².